The van der Waals surface area contributed by atoms with Crippen molar-refractivity contribution >= 4 is 38.6 Å². The molecule has 1 atom stereocenters. The first kappa shape index (κ1) is 20.1. The number of anilines is 1. The van der Waals surface area contributed by atoms with Crippen LogP contribution in [0.1, 0.15) is 23.6 Å². The second-order valence-corrected chi connectivity index (χ2v) is 9.32. The first-order valence-electron chi connectivity index (χ1n) is 9.77. The maximum absolute atomic E-state index is 12.6. The Kier molecular flexibility index (Phi) is 5.30. The second kappa shape index (κ2) is 7.91. The zero-order valence-corrected chi connectivity index (χ0v) is 17.7. The average Bonchev–Trinajstić information content (AvgIpc) is 3.14. The summed E-state index contributed by atoms with van der Waals surface area (Å²) in [7, 11) is -3.65. The van der Waals surface area contributed by atoms with Crippen LogP contribution in [0, 0.1) is 0 Å². The molecule has 0 aliphatic heterocycles. The van der Waals surface area contributed by atoms with Gasteiger partial charge in [0.15, 0.2) is 0 Å². The van der Waals surface area contributed by atoms with E-state index in [0.29, 0.717) is 5.69 Å². The fraction of sp³-hybridized carbons (Fsp3) is 0.217. The van der Waals surface area contributed by atoms with E-state index in [0.717, 1.165) is 34.4 Å². The second-order valence-electron chi connectivity index (χ2n) is 7.46. The van der Waals surface area contributed by atoms with Crippen molar-refractivity contribution in [1.82, 2.24) is 5.43 Å². The van der Waals surface area contributed by atoms with Crippen LogP contribution in [0.25, 0.3) is 10.8 Å². The minimum absolute atomic E-state index is 0.430. The zero-order chi connectivity index (χ0) is 21.3. The molecule has 0 heterocycles. The SMILES string of the molecule is C[C@@H](C(=O)N/N=C\c1ccc2c3c(cccc13)CC2)N(c1ccccc1)S(C)(=O)=O. The topological polar surface area (TPSA) is 78.8 Å². The predicted octanol–water partition coefficient (Wildman–Crippen LogP) is 3.24. The molecule has 0 unspecified atom stereocenters. The van der Waals surface area contributed by atoms with Crippen molar-refractivity contribution in [3.05, 3.63) is 77.4 Å². The lowest BCUT2D eigenvalue weighted by Gasteiger charge is -2.27. The normalized spacial score (nSPS) is 14.2. The summed E-state index contributed by atoms with van der Waals surface area (Å²) in [4.78, 5) is 12.6. The number of rotatable bonds is 6. The van der Waals surface area contributed by atoms with Crippen molar-refractivity contribution in [3.8, 4) is 0 Å². The Morgan fingerprint density at radius 2 is 1.73 bits per heavy atom. The van der Waals surface area contributed by atoms with Crippen molar-refractivity contribution in [2.75, 3.05) is 10.6 Å². The number of aryl methyl sites for hydroxylation is 2. The predicted molar refractivity (Wildman–Crippen MR) is 120 cm³/mol. The van der Waals surface area contributed by atoms with E-state index >= 15 is 0 Å². The van der Waals surface area contributed by atoms with Gasteiger partial charge >= 0.3 is 0 Å². The lowest BCUT2D eigenvalue weighted by molar-refractivity contribution is -0.121. The number of hydrogen-bond acceptors (Lipinski definition) is 4. The molecule has 0 radical (unpaired) electrons. The highest BCUT2D eigenvalue weighted by molar-refractivity contribution is 7.92. The van der Waals surface area contributed by atoms with Gasteiger partial charge in [0, 0.05) is 5.56 Å². The zero-order valence-electron chi connectivity index (χ0n) is 16.9. The molecule has 7 heteroatoms. The lowest BCUT2D eigenvalue weighted by atomic mass is 10.0. The molecule has 4 rings (SSSR count). The Morgan fingerprint density at radius 3 is 2.43 bits per heavy atom. The molecule has 1 amide bonds. The molecule has 0 fully saturated rings. The van der Waals surface area contributed by atoms with E-state index < -0.39 is 22.0 Å². The molecule has 1 aliphatic carbocycles. The molecule has 154 valence electrons. The summed E-state index contributed by atoms with van der Waals surface area (Å²) >= 11 is 0. The van der Waals surface area contributed by atoms with Crippen molar-refractivity contribution in [2.45, 2.75) is 25.8 Å². The van der Waals surface area contributed by atoms with Crippen LogP contribution in [-0.2, 0) is 27.7 Å². The van der Waals surface area contributed by atoms with Gasteiger partial charge in [0.1, 0.15) is 6.04 Å². The van der Waals surface area contributed by atoms with Crippen LogP contribution in [-0.4, -0.2) is 32.8 Å². The highest BCUT2D eigenvalue weighted by Gasteiger charge is 2.28. The number of hydrogen-bond donors (Lipinski definition) is 1. The summed E-state index contributed by atoms with van der Waals surface area (Å²) < 4.78 is 25.7. The van der Waals surface area contributed by atoms with E-state index in [9.17, 15) is 13.2 Å². The summed E-state index contributed by atoms with van der Waals surface area (Å²) in [6.07, 6.45) is 4.78. The quantitative estimate of drug-likeness (QED) is 0.490. The summed E-state index contributed by atoms with van der Waals surface area (Å²) in [5.74, 6) is -0.508. The van der Waals surface area contributed by atoms with Gasteiger partial charge in [-0.2, -0.15) is 5.10 Å². The fourth-order valence-corrected chi connectivity index (χ4v) is 5.20. The van der Waals surface area contributed by atoms with E-state index in [-0.39, 0.29) is 0 Å². The van der Waals surface area contributed by atoms with Crippen LogP contribution in [0.4, 0.5) is 5.69 Å². The Balaban J connectivity index is 1.55. The Labute approximate surface area is 176 Å². The van der Waals surface area contributed by atoms with Crippen molar-refractivity contribution in [2.24, 2.45) is 5.10 Å². The van der Waals surface area contributed by atoms with Crippen LogP contribution < -0.4 is 9.73 Å². The minimum atomic E-state index is -3.65. The number of carbonyl (C=O) groups excluding carboxylic acids is 1. The van der Waals surface area contributed by atoms with E-state index in [2.05, 4.69) is 28.7 Å². The van der Waals surface area contributed by atoms with E-state index in [1.54, 1.807) is 36.5 Å². The fourth-order valence-electron chi connectivity index (χ4n) is 4.02. The van der Waals surface area contributed by atoms with Gasteiger partial charge in [0.25, 0.3) is 5.91 Å². The highest BCUT2D eigenvalue weighted by Crippen LogP contribution is 2.32. The standard InChI is InChI=1S/C23H23N3O3S/c1-16(26(30(2,28)29)20-8-4-3-5-9-20)23(27)25-24-15-19-14-13-18-12-11-17-7-6-10-21(19)22(17)18/h3-10,13-16H,11-12H2,1-2H3,(H,25,27)/b24-15-/t16-/m0/s1. The molecule has 1 aliphatic rings. The third kappa shape index (κ3) is 3.80. The number of benzene rings is 3. The lowest BCUT2D eigenvalue weighted by Crippen LogP contribution is -2.46. The summed E-state index contributed by atoms with van der Waals surface area (Å²) in [6, 6.07) is 17.9. The number of hydrazone groups is 1. The van der Waals surface area contributed by atoms with Crippen molar-refractivity contribution < 1.29 is 13.2 Å². The van der Waals surface area contributed by atoms with Crippen LogP contribution in [0.2, 0.25) is 0 Å². The van der Waals surface area contributed by atoms with Crippen LogP contribution in [0.5, 0.6) is 0 Å². The van der Waals surface area contributed by atoms with Gasteiger partial charge in [-0.15, -0.1) is 0 Å². The molecule has 0 bridgehead atoms. The average molecular weight is 422 g/mol. The Morgan fingerprint density at radius 1 is 1.03 bits per heavy atom. The monoisotopic (exact) mass is 421 g/mol. The highest BCUT2D eigenvalue weighted by atomic mass is 32.2. The number of para-hydroxylation sites is 1. The minimum Gasteiger partial charge on any atom is -0.271 e. The molecule has 3 aromatic rings. The van der Waals surface area contributed by atoms with Gasteiger partial charge in [-0.3, -0.25) is 9.10 Å². The van der Waals surface area contributed by atoms with E-state index in [1.165, 1.54) is 23.4 Å². The molecule has 0 spiro atoms. The molecule has 0 aromatic heterocycles. The van der Waals surface area contributed by atoms with Crippen LogP contribution in [0.3, 0.4) is 0 Å². The molecule has 0 saturated carbocycles. The Bertz CT molecular complexity index is 1230. The van der Waals surface area contributed by atoms with Gasteiger partial charge in [-0.1, -0.05) is 48.5 Å². The molecule has 1 N–H and O–H groups in total. The van der Waals surface area contributed by atoms with Gasteiger partial charge in [0.05, 0.1) is 18.2 Å². The summed E-state index contributed by atoms with van der Waals surface area (Å²) in [5, 5.41) is 6.48. The van der Waals surface area contributed by atoms with Gasteiger partial charge < -0.3 is 0 Å². The van der Waals surface area contributed by atoms with Gasteiger partial charge in [0.2, 0.25) is 10.0 Å². The van der Waals surface area contributed by atoms with Gasteiger partial charge in [-0.05, 0) is 53.8 Å². The third-order valence-corrected chi connectivity index (χ3v) is 6.63. The summed E-state index contributed by atoms with van der Waals surface area (Å²) in [6.45, 7) is 1.54. The van der Waals surface area contributed by atoms with E-state index in [4.69, 9.17) is 0 Å². The van der Waals surface area contributed by atoms with Crippen molar-refractivity contribution in [3.63, 3.8) is 0 Å². The number of sulfonamides is 1. The number of nitrogens with zero attached hydrogens (tertiary/aromatic N) is 2. The maximum Gasteiger partial charge on any atom is 0.263 e. The summed E-state index contributed by atoms with van der Waals surface area (Å²) in [5.41, 5.74) is 6.50. The smallest absolute Gasteiger partial charge is 0.263 e. The molecular formula is C23H23N3O3S. The molecule has 30 heavy (non-hydrogen) atoms. The number of amides is 1. The largest absolute Gasteiger partial charge is 0.271 e. The van der Waals surface area contributed by atoms with Crippen LogP contribution in [0.15, 0.2) is 65.8 Å². The molecule has 6 nitrogen and oxygen atoms in total. The maximum atomic E-state index is 12.6. The number of nitrogens with one attached hydrogen (secondary N) is 1. The first-order valence-corrected chi connectivity index (χ1v) is 11.6. The molecular weight excluding hydrogens is 398 g/mol. The van der Waals surface area contributed by atoms with Crippen molar-refractivity contribution in [1.29, 1.82) is 0 Å². The first-order chi connectivity index (χ1) is 14.4. The number of carbonyl (C=O) groups is 1. The van der Waals surface area contributed by atoms with Gasteiger partial charge in [-0.25, -0.2) is 13.8 Å². The Hall–Kier alpha value is -3.19. The third-order valence-electron chi connectivity index (χ3n) is 5.39. The molecule has 3 aromatic carbocycles. The van der Waals surface area contributed by atoms with Crippen LogP contribution >= 0.6 is 0 Å². The molecule has 0 saturated heterocycles. The van der Waals surface area contributed by atoms with E-state index in [1.807, 2.05) is 12.1 Å².